The van der Waals surface area contributed by atoms with E-state index in [0.717, 1.165) is 19.6 Å². The van der Waals surface area contributed by atoms with Crippen LogP contribution in [-0.2, 0) is 4.74 Å². The molecule has 0 atom stereocenters. The van der Waals surface area contributed by atoms with Crippen molar-refractivity contribution in [1.29, 1.82) is 0 Å². The summed E-state index contributed by atoms with van der Waals surface area (Å²) in [6.07, 6.45) is 3.54. The molecule has 78 valence electrons. The van der Waals surface area contributed by atoms with Gasteiger partial charge in [-0.25, -0.2) is 0 Å². The zero-order chi connectivity index (χ0) is 9.57. The third kappa shape index (κ3) is 3.49. The summed E-state index contributed by atoms with van der Waals surface area (Å²) >= 11 is 2.05. The average Bonchev–Trinajstić information content (AvgIpc) is 2.17. The summed E-state index contributed by atoms with van der Waals surface area (Å²) in [5.74, 6) is 2.51. The molecule has 1 N–H and O–H groups in total. The van der Waals surface area contributed by atoms with Gasteiger partial charge < -0.3 is 10.1 Å². The van der Waals surface area contributed by atoms with Crippen LogP contribution < -0.4 is 5.32 Å². The molecule has 1 heterocycles. The second-order valence-electron chi connectivity index (χ2n) is 3.67. The zero-order valence-electron chi connectivity index (χ0n) is 8.77. The van der Waals surface area contributed by atoms with Crippen LogP contribution in [0.4, 0.5) is 0 Å². The van der Waals surface area contributed by atoms with Crippen LogP contribution in [0.25, 0.3) is 0 Å². The number of likely N-dealkylation sites (N-methyl/N-ethyl adjacent to an activating group) is 1. The van der Waals surface area contributed by atoms with Crippen molar-refractivity contribution in [3.8, 4) is 0 Å². The summed E-state index contributed by atoms with van der Waals surface area (Å²) in [5.41, 5.74) is 0.149. The highest BCUT2D eigenvalue weighted by Gasteiger charge is 2.32. The third-order valence-electron chi connectivity index (χ3n) is 2.52. The van der Waals surface area contributed by atoms with E-state index in [9.17, 15) is 0 Å². The van der Waals surface area contributed by atoms with Crippen molar-refractivity contribution in [1.82, 2.24) is 5.32 Å². The van der Waals surface area contributed by atoms with Gasteiger partial charge >= 0.3 is 0 Å². The van der Waals surface area contributed by atoms with Crippen LogP contribution in [0.3, 0.4) is 0 Å². The van der Waals surface area contributed by atoms with Gasteiger partial charge in [0, 0.05) is 13.2 Å². The second-order valence-corrected chi connectivity index (χ2v) is 4.90. The van der Waals surface area contributed by atoms with E-state index in [1.54, 1.807) is 0 Å². The van der Waals surface area contributed by atoms with E-state index in [-0.39, 0.29) is 5.60 Å². The fourth-order valence-electron chi connectivity index (χ4n) is 1.76. The first-order valence-corrected chi connectivity index (χ1v) is 6.35. The smallest absolute Gasteiger partial charge is 0.0821 e. The van der Waals surface area contributed by atoms with Gasteiger partial charge in [0.2, 0.25) is 0 Å². The molecule has 3 heteroatoms. The number of ether oxygens (including phenoxy) is 1. The average molecular weight is 203 g/mol. The minimum Gasteiger partial charge on any atom is -0.374 e. The monoisotopic (exact) mass is 203 g/mol. The molecular formula is C10H21NOS. The van der Waals surface area contributed by atoms with Crippen molar-refractivity contribution in [3.05, 3.63) is 0 Å². The summed E-state index contributed by atoms with van der Waals surface area (Å²) in [6, 6.07) is 0. The van der Waals surface area contributed by atoms with Crippen molar-refractivity contribution in [2.24, 2.45) is 0 Å². The minimum atomic E-state index is 0.149. The maximum atomic E-state index is 5.98. The number of nitrogens with one attached hydrogen (secondary N) is 1. The summed E-state index contributed by atoms with van der Waals surface area (Å²) in [7, 11) is 2.01. The highest BCUT2D eigenvalue weighted by molar-refractivity contribution is 7.99. The van der Waals surface area contributed by atoms with Gasteiger partial charge in [-0.1, -0.05) is 6.92 Å². The Hall–Kier alpha value is 0.270. The summed E-state index contributed by atoms with van der Waals surface area (Å²) < 4.78 is 5.98. The lowest BCUT2D eigenvalue weighted by molar-refractivity contribution is -0.0487. The topological polar surface area (TPSA) is 21.3 Å². The number of hydrogen-bond donors (Lipinski definition) is 1. The number of hydrogen-bond acceptors (Lipinski definition) is 3. The van der Waals surface area contributed by atoms with Gasteiger partial charge in [-0.05, 0) is 37.8 Å². The summed E-state index contributed by atoms with van der Waals surface area (Å²) in [5, 5.41) is 3.25. The van der Waals surface area contributed by atoms with E-state index in [1.807, 2.05) is 18.8 Å². The Bertz CT molecular complexity index is 129. The zero-order valence-corrected chi connectivity index (χ0v) is 9.58. The second kappa shape index (κ2) is 5.89. The normalized spacial score (nSPS) is 21.7. The molecule has 1 fully saturated rings. The first-order chi connectivity index (χ1) is 6.33. The quantitative estimate of drug-likeness (QED) is 0.737. The van der Waals surface area contributed by atoms with Gasteiger partial charge in [0.25, 0.3) is 0 Å². The van der Waals surface area contributed by atoms with Crippen molar-refractivity contribution in [2.75, 3.05) is 31.7 Å². The SMILES string of the molecule is CCCOC1(CNC)CCSCC1. The third-order valence-corrected chi connectivity index (χ3v) is 3.50. The Morgan fingerprint density at radius 2 is 2.08 bits per heavy atom. The van der Waals surface area contributed by atoms with Crippen LogP contribution in [0.5, 0.6) is 0 Å². The maximum absolute atomic E-state index is 5.98. The van der Waals surface area contributed by atoms with Crippen LogP contribution in [0.1, 0.15) is 26.2 Å². The first-order valence-electron chi connectivity index (χ1n) is 5.19. The van der Waals surface area contributed by atoms with Crippen molar-refractivity contribution < 1.29 is 4.74 Å². The molecule has 1 aliphatic heterocycles. The summed E-state index contributed by atoms with van der Waals surface area (Å²) in [6.45, 7) is 4.09. The van der Waals surface area contributed by atoms with E-state index < -0.39 is 0 Å². The molecule has 13 heavy (non-hydrogen) atoms. The van der Waals surface area contributed by atoms with Crippen molar-refractivity contribution >= 4 is 11.8 Å². The van der Waals surface area contributed by atoms with E-state index in [2.05, 4.69) is 12.2 Å². The van der Waals surface area contributed by atoms with E-state index in [1.165, 1.54) is 24.3 Å². The lowest BCUT2D eigenvalue weighted by Crippen LogP contribution is -2.45. The highest BCUT2D eigenvalue weighted by Crippen LogP contribution is 2.29. The van der Waals surface area contributed by atoms with Crippen LogP contribution in [0.15, 0.2) is 0 Å². The van der Waals surface area contributed by atoms with Gasteiger partial charge in [0.1, 0.15) is 0 Å². The Morgan fingerprint density at radius 1 is 1.38 bits per heavy atom. The lowest BCUT2D eigenvalue weighted by Gasteiger charge is -2.36. The molecule has 0 aromatic carbocycles. The van der Waals surface area contributed by atoms with Gasteiger partial charge in [-0.3, -0.25) is 0 Å². The van der Waals surface area contributed by atoms with Crippen LogP contribution in [0, 0.1) is 0 Å². The molecule has 1 aliphatic rings. The molecular weight excluding hydrogens is 182 g/mol. The molecule has 1 rings (SSSR count). The van der Waals surface area contributed by atoms with Crippen LogP contribution in [-0.4, -0.2) is 37.3 Å². The van der Waals surface area contributed by atoms with Gasteiger partial charge in [-0.15, -0.1) is 0 Å². The molecule has 0 spiro atoms. The van der Waals surface area contributed by atoms with E-state index in [0.29, 0.717) is 0 Å². The Kier molecular flexibility index (Phi) is 5.14. The fraction of sp³-hybridized carbons (Fsp3) is 1.00. The molecule has 0 aromatic heterocycles. The first kappa shape index (κ1) is 11.3. The molecule has 2 nitrogen and oxygen atoms in total. The van der Waals surface area contributed by atoms with Gasteiger partial charge in [0.05, 0.1) is 5.60 Å². The summed E-state index contributed by atoms with van der Waals surface area (Å²) in [4.78, 5) is 0. The van der Waals surface area contributed by atoms with Crippen molar-refractivity contribution in [2.45, 2.75) is 31.8 Å². The molecule has 0 radical (unpaired) electrons. The van der Waals surface area contributed by atoms with Gasteiger partial charge in [-0.2, -0.15) is 11.8 Å². The maximum Gasteiger partial charge on any atom is 0.0821 e. The Balaban J connectivity index is 2.40. The molecule has 1 saturated heterocycles. The fourth-order valence-corrected chi connectivity index (χ4v) is 2.99. The highest BCUT2D eigenvalue weighted by atomic mass is 32.2. The van der Waals surface area contributed by atoms with Crippen LogP contribution >= 0.6 is 11.8 Å². The van der Waals surface area contributed by atoms with Crippen LogP contribution in [0.2, 0.25) is 0 Å². The van der Waals surface area contributed by atoms with E-state index >= 15 is 0 Å². The largest absolute Gasteiger partial charge is 0.374 e. The van der Waals surface area contributed by atoms with E-state index in [4.69, 9.17) is 4.74 Å². The standard InChI is InChI=1S/C10H21NOS/c1-3-6-12-10(9-11-2)4-7-13-8-5-10/h11H,3-9H2,1-2H3. The number of thioether (sulfide) groups is 1. The molecule has 0 bridgehead atoms. The molecule has 0 aromatic rings. The molecule has 0 saturated carbocycles. The predicted molar refractivity (Wildman–Crippen MR) is 59.5 cm³/mol. The molecule has 0 aliphatic carbocycles. The lowest BCUT2D eigenvalue weighted by atomic mass is 9.96. The van der Waals surface area contributed by atoms with Crippen molar-refractivity contribution in [3.63, 3.8) is 0 Å². The minimum absolute atomic E-state index is 0.149. The Morgan fingerprint density at radius 3 is 2.62 bits per heavy atom. The molecule has 0 unspecified atom stereocenters. The molecule has 0 amide bonds. The van der Waals surface area contributed by atoms with Gasteiger partial charge in [0.15, 0.2) is 0 Å². The number of rotatable bonds is 5. The Labute approximate surface area is 85.8 Å². The predicted octanol–water partition coefficient (Wildman–Crippen LogP) is 1.90.